The maximum Gasteiger partial charge on any atom is 0.472 e. The zero-order valence-corrected chi connectivity index (χ0v) is 33.3. The number of aliphatic hydroxyl groups is 1. The molecule has 52 heavy (non-hydrogen) atoms. The minimum absolute atomic E-state index is 0.00125. The molecule has 0 saturated heterocycles. The number of phosphoric acid groups is 1. The van der Waals surface area contributed by atoms with Crippen LogP contribution in [0.15, 0.2) is 60.8 Å². The summed E-state index contributed by atoms with van der Waals surface area (Å²) in [5.41, 5.74) is 5.32. The maximum atomic E-state index is 12.5. The van der Waals surface area contributed by atoms with Gasteiger partial charge in [0.1, 0.15) is 6.61 Å². The fraction of sp³-hybridized carbons (Fsp3) is 0.707. The lowest BCUT2D eigenvalue weighted by atomic mass is 10.0. The van der Waals surface area contributed by atoms with Gasteiger partial charge in [-0.25, -0.2) is 4.57 Å². The summed E-state index contributed by atoms with van der Waals surface area (Å²) in [4.78, 5) is 34.8. The molecule has 300 valence electrons. The molecule has 10 nitrogen and oxygen atoms in total. The number of hydrogen-bond acceptors (Lipinski definition) is 9. The van der Waals surface area contributed by atoms with E-state index >= 15 is 0 Å². The van der Waals surface area contributed by atoms with Crippen molar-refractivity contribution in [2.24, 2.45) is 5.73 Å². The van der Waals surface area contributed by atoms with Crippen LogP contribution in [0.4, 0.5) is 0 Å². The summed E-state index contributed by atoms with van der Waals surface area (Å²) in [6.45, 7) is 3.37. The molecule has 0 aromatic heterocycles. The molecule has 11 heteroatoms. The van der Waals surface area contributed by atoms with Crippen molar-refractivity contribution in [2.45, 2.75) is 161 Å². The van der Waals surface area contributed by atoms with Gasteiger partial charge in [0.05, 0.1) is 19.3 Å². The highest BCUT2D eigenvalue weighted by Crippen LogP contribution is 2.43. The normalized spacial score (nSPS) is 14.6. The summed E-state index contributed by atoms with van der Waals surface area (Å²) in [6, 6.07) is 0. The molecule has 0 aliphatic heterocycles. The van der Waals surface area contributed by atoms with Crippen LogP contribution in [-0.2, 0) is 32.7 Å². The molecular weight excluding hydrogens is 681 g/mol. The highest BCUT2D eigenvalue weighted by atomic mass is 31.2. The first-order valence-electron chi connectivity index (χ1n) is 19.9. The van der Waals surface area contributed by atoms with Crippen LogP contribution in [0.1, 0.15) is 149 Å². The van der Waals surface area contributed by atoms with E-state index in [2.05, 4.69) is 50.3 Å². The third kappa shape index (κ3) is 36.0. The average molecular weight is 754 g/mol. The second kappa shape index (κ2) is 37.0. The molecule has 0 aromatic carbocycles. The van der Waals surface area contributed by atoms with Crippen molar-refractivity contribution >= 4 is 19.8 Å². The number of carbonyl (C=O) groups is 2. The summed E-state index contributed by atoms with van der Waals surface area (Å²) < 4.78 is 32.5. The van der Waals surface area contributed by atoms with Crippen LogP contribution >= 0.6 is 7.82 Å². The molecule has 0 radical (unpaired) electrons. The van der Waals surface area contributed by atoms with Crippen molar-refractivity contribution in [1.82, 2.24) is 0 Å². The lowest BCUT2D eigenvalue weighted by Gasteiger charge is -2.20. The van der Waals surface area contributed by atoms with Gasteiger partial charge in [-0.1, -0.05) is 152 Å². The highest BCUT2D eigenvalue weighted by Gasteiger charge is 2.26. The molecule has 0 amide bonds. The predicted octanol–water partition coefficient (Wildman–Crippen LogP) is 9.91. The number of esters is 2. The van der Waals surface area contributed by atoms with E-state index in [9.17, 15) is 24.2 Å². The number of carbonyl (C=O) groups excluding carboxylic acids is 2. The van der Waals surface area contributed by atoms with Gasteiger partial charge in [-0.15, -0.1) is 0 Å². The van der Waals surface area contributed by atoms with Crippen LogP contribution in [0.5, 0.6) is 0 Å². The first kappa shape index (κ1) is 49.7. The smallest absolute Gasteiger partial charge is 0.462 e. The number of rotatable bonds is 36. The summed E-state index contributed by atoms with van der Waals surface area (Å²) in [5, 5.41) is 10.2. The Morgan fingerprint density at radius 3 is 1.79 bits per heavy atom. The molecular formula is C41H72NO9P. The molecule has 0 spiro atoms. The fourth-order valence-corrected chi connectivity index (χ4v) is 5.84. The molecule has 0 aliphatic carbocycles. The molecule has 0 bridgehead atoms. The van der Waals surface area contributed by atoms with Gasteiger partial charge in [0.2, 0.25) is 0 Å². The van der Waals surface area contributed by atoms with Crippen LogP contribution in [0.25, 0.3) is 0 Å². The Hall–Kier alpha value is -2.33. The molecule has 4 N–H and O–H groups in total. The standard InChI is InChI=1S/C41H72NO9P/c1-3-5-7-9-11-13-15-17-19-21-23-25-27-30-38(43)31-29-33-41(45)51-39(37-50-52(46,47)49-35-34-42)36-48-40(44)32-28-26-24-22-20-18-16-14-12-10-8-6-4-2/h5,7,11,13,17,19,23,25,27,30,38-39,43H,3-4,6,8-10,12,14-16,18,20-22,24,26,28-29,31-37,42H2,1-2H3,(H,46,47). The van der Waals surface area contributed by atoms with E-state index in [1.807, 2.05) is 12.2 Å². The lowest BCUT2D eigenvalue weighted by Crippen LogP contribution is -2.29. The predicted molar refractivity (Wildman–Crippen MR) is 212 cm³/mol. The first-order chi connectivity index (χ1) is 25.2. The van der Waals surface area contributed by atoms with E-state index in [0.717, 1.165) is 44.9 Å². The van der Waals surface area contributed by atoms with E-state index in [1.54, 1.807) is 12.2 Å². The number of nitrogens with two attached hydrogens (primary N) is 1. The number of allylic oxidation sites excluding steroid dienone is 9. The molecule has 0 fully saturated rings. The zero-order valence-electron chi connectivity index (χ0n) is 32.4. The Morgan fingerprint density at radius 1 is 0.673 bits per heavy atom. The van der Waals surface area contributed by atoms with Crippen molar-refractivity contribution in [3.8, 4) is 0 Å². The van der Waals surface area contributed by atoms with E-state index in [0.29, 0.717) is 19.3 Å². The van der Waals surface area contributed by atoms with E-state index < -0.39 is 38.6 Å². The molecule has 0 heterocycles. The zero-order chi connectivity index (χ0) is 38.4. The van der Waals surface area contributed by atoms with Gasteiger partial charge < -0.3 is 25.2 Å². The third-order valence-corrected chi connectivity index (χ3v) is 9.01. The summed E-state index contributed by atoms with van der Waals surface area (Å²) in [6.07, 6.45) is 38.5. The monoisotopic (exact) mass is 753 g/mol. The molecule has 3 atom stereocenters. The first-order valence-corrected chi connectivity index (χ1v) is 21.4. The minimum Gasteiger partial charge on any atom is -0.462 e. The van der Waals surface area contributed by atoms with Crippen LogP contribution in [0, 0.1) is 0 Å². The van der Waals surface area contributed by atoms with Crippen LogP contribution in [0.2, 0.25) is 0 Å². The van der Waals surface area contributed by atoms with Crippen LogP contribution in [0.3, 0.4) is 0 Å². The fourth-order valence-electron chi connectivity index (χ4n) is 5.07. The average Bonchev–Trinajstić information content (AvgIpc) is 3.12. The Bertz CT molecular complexity index is 1060. The number of hydrogen-bond donors (Lipinski definition) is 3. The Kier molecular flexibility index (Phi) is 35.3. The SMILES string of the molecule is CCC=CCC=CCC=CCC=CC=CC(O)CCCC(=O)OC(COC(=O)CCCCCCCCCCCCCCC)COP(=O)(O)OCCN. The van der Waals surface area contributed by atoms with Gasteiger partial charge in [0.15, 0.2) is 6.10 Å². The van der Waals surface area contributed by atoms with E-state index in [1.165, 1.54) is 57.8 Å². The second-order valence-electron chi connectivity index (χ2n) is 13.0. The van der Waals surface area contributed by atoms with Crippen LogP contribution < -0.4 is 5.73 Å². The minimum atomic E-state index is -4.43. The van der Waals surface area contributed by atoms with Crippen molar-refractivity contribution < 1.29 is 42.7 Å². The molecule has 0 rings (SSSR count). The quantitative estimate of drug-likeness (QED) is 0.0185. The Balaban J connectivity index is 4.43. The summed E-state index contributed by atoms with van der Waals surface area (Å²) >= 11 is 0. The van der Waals surface area contributed by atoms with Gasteiger partial charge in [-0.3, -0.25) is 18.6 Å². The van der Waals surface area contributed by atoms with E-state index in [4.69, 9.17) is 24.3 Å². The van der Waals surface area contributed by atoms with Crippen molar-refractivity contribution in [3.05, 3.63) is 60.8 Å². The topological polar surface area (TPSA) is 155 Å². The second-order valence-corrected chi connectivity index (χ2v) is 14.4. The molecule has 0 aliphatic rings. The molecule has 0 saturated carbocycles. The largest absolute Gasteiger partial charge is 0.472 e. The summed E-state index contributed by atoms with van der Waals surface area (Å²) in [7, 11) is -4.43. The van der Waals surface area contributed by atoms with Gasteiger partial charge in [-0.05, 0) is 44.9 Å². The number of phosphoric ester groups is 1. The van der Waals surface area contributed by atoms with E-state index in [-0.39, 0.29) is 32.6 Å². The van der Waals surface area contributed by atoms with Gasteiger partial charge in [0.25, 0.3) is 0 Å². The molecule has 3 unspecified atom stereocenters. The highest BCUT2D eigenvalue weighted by molar-refractivity contribution is 7.47. The van der Waals surface area contributed by atoms with Crippen molar-refractivity contribution in [1.29, 1.82) is 0 Å². The molecule has 0 aromatic rings. The van der Waals surface area contributed by atoms with Gasteiger partial charge >= 0.3 is 19.8 Å². The van der Waals surface area contributed by atoms with Crippen molar-refractivity contribution in [3.63, 3.8) is 0 Å². The Labute approximate surface area is 315 Å². The van der Waals surface area contributed by atoms with Gasteiger partial charge in [-0.2, -0.15) is 0 Å². The third-order valence-electron chi connectivity index (χ3n) is 8.02. The lowest BCUT2D eigenvalue weighted by molar-refractivity contribution is -0.161. The number of aliphatic hydroxyl groups excluding tert-OH is 1. The number of ether oxygens (including phenoxy) is 2. The number of unbranched alkanes of at least 4 members (excludes halogenated alkanes) is 12. The van der Waals surface area contributed by atoms with Gasteiger partial charge in [0, 0.05) is 19.4 Å². The van der Waals surface area contributed by atoms with Crippen LogP contribution in [-0.4, -0.2) is 60.5 Å². The van der Waals surface area contributed by atoms with Crippen molar-refractivity contribution in [2.75, 3.05) is 26.4 Å². The Morgan fingerprint density at radius 2 is 1.21 bits per heavy atom. The summed E-state index contributed by atoms with van der Waals surface area (Å²) in [5.74, 6) is -1.04. The maximum absolute atomic E-state index is 12.5.